The number of pyridine rings is 2. The molecule has 0 radical (unpaired) electrons. The van der Waals surface area contributed by atoms with Crippen molar-refractivity contribution >= 4 is 5.82 Å². The van der Waals surface area contributed by atoms with Gasteiger partial charge >= 0.3 is 0 Å². The molecule has 0 saturated heterocycles. The Morgan fingerprint density at radius 1 is 1.14 bits per heavy atom. The molecule has 1 aromatic carbocycles. The van der Waals surface area contributed by atoms with E-state index in [1.807, 2.05) is 43.4 Å². The predicted molar refractivity (Wildman–Crippen MR) is 139 cm³/mol. The number of hydrogen-bond donors (Lipinski definition) is 2. The number of benzene rings is 1. The third-order valence-electron chi connectivity index (χ3n) is 6.85. The fraction of sp³-hybridized carbons (Fsp3) is 0.429. The van der Waals surface area contributed by atoms with Crippen molar-refractivity contribution in [3.05, 3.63) is 64.1 Å². The van der Waals surface area contributed by atoms with Gasteiger partial charge in [-0.05, 0) is 48.6 Å². The molecular formula is C28H35N3O4. The molecule has 0 aliphatic carbocycles. The Morgan fingerprint density at radius 2 is 1.86 bits per heavy atom. The van der Waals surface area contributed by atoms with Gasteiger partial charge in [-0.1, -0.05) is 20.8 Å². The van der Waals surface area contributed by atoms with Gasteiger partial charge in [0.25, 0.3) is 0 Å². The van der Waals surface area contributed by atoms with Crippen molar-refractivity contribution in [1.82, 2.24) is 9.55 Å². The summed E-state index contributed by atoms with van der Waals surface area (Å²) in [5.74, 6) is 1.58. The summed E-state index contributed by atoms with van der Waals surface area (Å²) < 4.78 is 7.86. The average Bonchev–Trinajstić information content (AvgIpc) is 2.81. The van der Waals surface area contributed by atoms with Gasteiger partial charge in [-0.25, -0.2) is 4.98 Å². The minimum Gasteiger partial charge on any atom is -0.496 e. The van der Waals surface area contributed by atoms with Gasteiger partial charge in [-0.15, -0.1) is 0 Å². The van der Waals surface area contributed by atoms with Crippen LogP contribution in [0, 0.1) is 5.41 Å². The van der Waals surface area contributed by atoms with Gasteiger partial charge in [0.05, 0.1) is 18.9 Å². The van der Waals surface area contributed by atoms with Crippen LogP contribution in [0.4, 0.5) is 5.82 Å². The first-order chi connectivity index (χ1) is 16.4. The summed E-state index contributed by atoms with van der Waals surface area (Å²) >= 11 is 0. The van der Waals surface area contributed by atoms with E-state index in [0.29, 0.717) is 5.75 Å². The van der Waals surface area contributed by atoms with Crippen molar-refractivity contribution in [3.8, 4) is 28.1 Å². The summed E-state index contributed by atoms with van der Waals surface area (Å²) in [6, 6.07) is 9.77. The van der Waals surface area contributed by atoms with Crippen LogP contribution in [0.1, 0.15) is 51.0 Å². The zero-order valence-electron chi connectivity index (χ0n) is 21.5. The Kier molecular flexibility index (Phi) is 6.51. The van der Waals surface area contributed by atoms with Crippen LogP contribution in [-0.4, -0.2) is 47.1 Å². The summed E-state index contributed by atoms with van der Waals surface area (Å²) in [7, 11) is 5.56. The van der Waals surface area contributed by atoms with E-state index in [-0.39, 0.29) is 22.4 Å². The number of hydrogen-bond acceptors (Lipinski definition) is 6. The first-order valence-electron chi connectivity index (χ1n) is 11.9. The van der Waals surface area contributed by atoms with E-state index in [4.69, 9.17) is 4.74 Å². The summed E-state index contributed by atoms with van der Waals surface area (Å²) in [6.45, 7) is 7.99. The molecule has 7 heteroatoms. The summed E-state index contributed by atoms with van der Waals surface area (Å²) in [6.07, 6.45) is 2.04. The normalized spacial score (nSPS) is 16.8. The monoisotopic (exact) mass is 477 g/mol. The van der Waals surface area contributed by atoms with Crippen LogP contribution in [0.15, 0.2) is 47.5 Å². The molecule has 35 heavy (non-hydrogen) atoms. The number of ether oxygens (including phenoxy) is 1. The second-order valence-electron chi connectivity index (χ2n) is 10.7. The summed E-state index contributed by atoms with van der Waals surface area (Å²) in [5, 5.41) is 20.4. The molecule has 0 spiro atoms. The molecule has 0 amide bonds. The number of methoxy groups -OCH3 is 1. The number of rotatable bonds is 5. The van der Waals surface area contributed by atoms with Crippen molar-refractivity contribution in [1.29, 1.82) is 0 Å². The van der Waals surface area contributed by atoms with Crippen LogP contribution in [0.2, 0.25) is 0 Å². The van der Waals surface area contributed by atoms with Gasteiger partial charge in [-0.2, -0.15) is 0 Å². The molecule has 3 aromatic rings. The maximum absolute atomic E-state index is 13.0. The Labute approximate surface area is 206 Å². The topological polar surface area (TPSA) is 87.8 Å². The number of aliphatic hydroxyl groups is 2. The highest BCUT2D eigenvalue weighted by Gasteiger charge is 2.34. The third-order valence-corrected chi connectivity index (χ3v) is 6.85. The first-order valence-corrected chi connectivity index (χ1v) is 11.9. The van der Waals surface area contributed by atoms with Crippen molar-refractivity contribution in [2.75, 3.05) is 26.1 Å². The Balaban J connectivity index is 1.92. The predicted octanol–water partition coefficient (Wildman–Crippen LogP) is 4.21. The minimum atomic E-state index is -1.24. The van der Waals surface area contributed by atoms with E-state index in [2.05, 4.69) is 36.4 Å². The molecule has 3 atom stereocenters. The second-order valence-corrected chi connectivity index (χ2v) is 10.7. The van der Waals surface area contributed by atoms with Crippen LogP contribution in [0.25, 0.3) is 22.4 Å². The van der Waals surface area contributed by atoms with Crippen LogP contribution in [0.5, 0.6) is 5.75 Å². The molecule has 186 valence electrons. The fourth-order valence-electron chi connectivity index (χ4n) is 4.79. The van der Waals surface area contributed by atoms with E-state index in [9.17, 15) is 15.0 Å². The van der Waals surface area contributed by atoms with Crippen molar-refractivity contribution in [3.63, 3.8) is 0 Å². The number of fused-ring (bicyclic) bond motifs is 3. The van der Waals surface area contributed by atoms with Crippen molar-refractivity contribution in [2.45, 2.75) is 52.4 Å². The second kappa shape index (κ2) is 9.13. The molecule has 4 rings (SSSR count). The Hall–Kier alpha value is -3.16. The largest absolute Gasteiger partial charge is 0.496 e. The van der Waals surface area contributed by atoms with Gasteiger partial charge < -0.3 is 24.4 Å². The van der Waals surface area contributed by atoms with Gasteiger partial charge in [-0.3, -0.25) is 4.79 Å². The van der Waals surface area contributed by atoms with Gasteiger partial charge in [0.15, 0.2) is 5.43 Å². The van der Waals surface area contributed by atoms with E-state index in [0.717, 1.165) is 40.2 Å². The molecular weight excluding hydrogens is 442 g/mol. The summed E-state index contributed by atoms with van der Waals surface area (Å²) in [4.78, 5) is 19.5. The lowest BCUT2D eigenvalue weighted by Gasteiger charge is -2.39. The van der Waals surface area contributed by atoms with Crippen LogP contribution in [0.3, 0.4) is 0 Å². The number of aliphatic hydroxyl groups excluding tert-OH is 2. The fourth-order valence-corrected chi connectivity index (χ4v) is 4.79. The number of nitrogens with zero attached hydrogens (tertiary/aromatic N) is 3. The smallest absolute Gasteiger partial charge is 0.188 e. The van der Waals surface area contributed by atoms with E-state index in [1.54, 1.807) is 19.4 Å². The lowest BCUT2D eigenvalue weighted by Crippen LogP contribution is -2.33. The summed E-state index contributed by atoms with van der Waals surface area (Å²) in [5.41, 5.74) is 4.54. The van der Waals surface area contributed by atoms with Crippen LogP contribution < -0.4 is 15.1 Å². The maximum atomic E-state index is 13.0. The Morgan fingerprint density at radius 3 is 2.40 bits per heavy atom. The molecule has 0 saturated carbocycles. The van der Waals surface area contributed by atoms with Crippen molar-refractivity contribution < 1.29 is 14.9 Å². The quantitative estimate of drug-likeness (QED) is 0.572. The molecule has 3 unspecified atom stereocenters. The van der Waals surface area contributed by atoms with Gasteiger partial charge in [0.2, 0.25) is 0 Å². The van der Waals surface area contributed by atoms with Crippen molar-refractivity contribution in [2.24, 2.45) is 5.41 Å². The molecule has 3 heterocycles. The van der Waals surface area contributed by atoms with E-state index >= 15 is 0 Å². The Bertz CT molecular complexity index is 1290. The SMILES string of the molecule is COc1cc2c(cc1-c1ccc(N(C)C)nc1)CC(C(C)(C)C)n1cc(C(O)C(C)O)c(=O)cc1-2. The highest BCUT2D eigenvalue weighted by Crippen LogP contribution is 2.46. The average molecular weight is 478 g/mol. The molecule has 7 nitrogen and oxygen atoms in total. The molecule has 2 aromatic heterocycles. The van der Waals surface area contributed by atoms with E-state index in [1.165, 1.54) is 6.92 Å². The molecule has 1 aliphatic rings. The van der Waals surface area contributed by atoms with Crippen LogP contribution >= 0.6 is 0 Å². The third kappa shape index (κ3) is 4.58. The lowest BCUT2D eigenvalue weighted by atomic mass is 9.78. The zero-order valence-corrected chi connectivity index (χ0v) is 21.5. The standard InChI is InChI=1S/C28H35N3O4/c1-16(32)27(34)21-15-31-22(13-23(21)33)19-12-24(35-7)20(10-18(19)11-25(31)28(2,3)4)17-8-9-26(29-14-17)30(5)6/h8-10,12-16,25,27,32,34H,11H2,1-7H3. The molecule has 0 bridgehead atoms. The molecule has 1 aliphatic heterocycles. The first kappa shape index (κ1) is 24.9. The molecule has 2 N–H and O–H groups in total. The maximum Gasteiger partial charge on any atom is 0.188 e. The lowest BCUT2D eigenvalue weighted by molar-refractivity contribution is 0.0292. The highest BCUT2D eigenvalue weighted by molar-refractivity contribution is 5.79. The zero-order chi connectivity index (χ0) is 25.7. The number of aromatic nitrogens is 2. The van der Waals surface area contributed by atoms with E-state index < -0.39 is 12.2 Å². The highest BCUT2D eigenvalue weighted by atomic mass is 16.5. The van der Waals surface area contributed by atoms with Gasteiger partial charge in [0, 0.05) is 60.9 Å². The van der Waals surface area contributed by atoms with Crippen LogP contribution in [-0.2, 0) is 6.42 Å². The number of anilines is 1. The molecule has 0 fully saturated rings. The van der Waals surface area contributed by atoms with Gasteiger partial charge in [0.1, 0.15) is 17.7 Å². The minimum absolute atomic E-state index is 0.0426.